The number of H-pyrrole nitrogens is 1. The van der Waals surface area contributed by atoms with Crippen LogP contribution in [0.1, 0.15) is 71.1 Å². The van der Waals surface area contributed by atoms with Gasteiger partial charge in [-0.2, -0.15) is 0 Å². The zero-order valence-electron chi connectivity index (χ0n) is 25.8. The zero-order chi connectivity index (χ0) is 29.5. The number of benzene rings is 1. The number of aromatic nitrogens is 2. The third-order valence-electron chi connectivity index (χ3n) is 6.65. The van der Waals surface area contributed by atoms with Gasteiger partial charge in [0.05, 0.1) is 11.4 Å². The molecule has 3 aromatic rings. The van der Waals surface area contributed by atoms with Gasteiger partial charge in [-0.3, -0.25) is 9.98 Å². The van der Waals surface area contributed by atoms with Crippen LogP contribution in [0.5, 0.6) is 0 Å². The third-order valence-corrected chi connectivity index (χ3v) is 6.65. The number of aliphatic imine (C=N–C) groups is 1. The Bertz CT molecular complexity index is 1300. The summed E-state index contributed by atoms with van der Waals surface area (Å²) in [4.78, 5) is 14.9. The first-order chi connectivity index (χ1) is 19.5. The predicted molar refractivity (Wildman–Crippen MR) is 172 cm³/mol. The number of nitrogens with one attached hydrogen (secondary N) is 2. The highest BCUT2D eigenvalue weighted by Crippen LogP contribution is 2.30. The molecule has 4 rings (SSSR count). The fourth-order valence-electron chi connectivity index (χ4n) is 4.73. The molecule has 0 fully saturated rings. The van der Waals surface area contributed by atoms with Gasteiger partial charge in [0, 0.05) is 67.2 Å². The maximum absolute atomic E-state index is 5.28. The van der Waals surface area contributed by atoms with Gasteiger partial charge < -0.3 is 19.9 Å². The van der Waals surface area contributed by atoms with Crippen molar-refractivity contribution in [2.24, 2.45) is 10.9 Å². The minimum Gasteiger partial charge on any atom is -0.385 e. The molecule has 2 N–H and O–H groups in total. The molecule has 1 aliphatic rings. The quantitative estimate of drug-likeness (QED) is 0.253. The summed E-state index contributed by atoms with van der Waals surface area (Å²) in [6.07, 6.45) is 13.0. The lowest BCUT2D eigenvalue weighted by Gasteiger charge is -2.35. The number of pyridine rings is 1. The average Bonchev–Trinajstić information content (AvgIpc) is 3.40. The van der Waals surface area contributed by atoms with Gasteiger partial charge in [-0.25, -0.2) is 0 Å². The molecule has 1 unspecified atom stereocenters. The van der Waals surface area contributed by atoms with Crippen LogP contribution in [0.15, 0.2) is 84.2 Å². The fourth-order valence-corrected chi connectivity index (χ4v) is 4.73. The van der Waals surface area contributed by atoms with Crippen molar-refractivity contribution >= 4 is 22.4 Å². The second kappa shape index (κ2) is 17.1. The second-order valence-corrected chi connectivity index (χ2v) is 9.32. The highest BCUT2D eigenvalue weighted by atomic mass is 16.5. The first-order valence-corrected chi connectivity index (χ1v) is 14.7. The minimum absolute atomic E-state index is 0.348. The van der Waals surface area contributed by atoms with Crippen molar-refractivity contribution < 1.29 is 4.74 Å². The summed E-state index contributed by atoms with van der Waals surface area (Å²) >= 11 is 0. The van der Waals surface area contributed by atoms with E-state index < -0.39 is 0 Å². The molecular weight excluding hydrogens is 494 g/mol. The van der Waals surface area contributed by atoms with E-state index in [-0.39, 0.29) is 0 Å². The Kier molecular flexibility index (Phi) is 14.0. The SMILES string of the molecule is C=C1C(=NCCc2c[nH]c3ccccc23)NC(c2cncc(C)c2)=CN1/C(=C\C)C(C)CCCOC.CC.CC. The lowest BCUT2D eigenvalue weighted by atomic mass is 9.99. The number of aromatic amines is 1. The van der Waals surface area contributed by atoms with E-state index in [0.29, 0.717) is 12.5 Å². The molecule has 0 bridgehead atoms. The van der Waals surface area contributed by atoms with Gasteiger partial charge in [-0.1, -0.05) is 65.5 Å². The third kappa shape index (κ3) is 8.43. The van der Waals surface area contributed by atoms with Gasteiger partial charge in [0.15, 0.2) is 0 Å². The Balaban J connectivity index is 0.00000134. The van der Waals surface area contributed by atoms with Gasteiger partial charge in [-0.15, -0.1) is 0 Å². The molecule has 0 saturated carbocycles. The lowest BCUT2D eigenvalue weighted by molar-refractivity contribution is 0.188. The van der Waals surface area contributed by atoms with Gasteiger partial charge in [0.25, 0.3) is 0 Å². The molecule has 40 heavy (non-hydrogen) atoms. The highest BCUT2D eigenvalue weighted by molar-refractivity contribution is 6.04. The van der Waals surface area contributed by atoms with E-state index in [4.69, 9.17) is 9.73 Å². The Morgan fingerprint density at radius 3 is 2.62 bits per heavy atom. The Morgan fingerprint density at radius 1 is 1.18 bits per heavy atom. The lowest BCUT2D eigenvalue weighted by Crippen LogP contribution is -2.38. The predicted octanol–water partition coefficient (Wildman–Crippen LogP) is 8.25. The number of fused-ring (bicyclic) bond motifs is 1. The average molecular weight is 544 g/mol. The Morgan fingerprint density at radius 2 is 1.93 bits per heavy atom. The largest absolute Gasteiger partial charge is 0.385 e. The van der Waals surface area contributed by atoms with Crippen LogP contribution in [0, 0.1) is 12.8 Å². The number of hydrogen-bond acceptors (Lipinski definition) is 4. The number of amidine groups is 1. The van der Waals surface area contributed by atoms with Crippen molar-refractivity contribution in [2.45, 2.75) is 67.7 Å². The number of para-hydroxylation sites is 1. The molecule has 0 aliphatic carbocycles. The van der Waals surface area contributed by atoms with E-state index in [1.165, 1.54) is 16.6 Å². The summed E-state index contributed by atoms with van der Waals surface area (Å²) in [6, 6.07) is 10.5. The fraction of sp³-hybridized carbons (Fsp3) is 0.412. The van der Waals surface area contributed by atoms with Crippen molar-refractivity contribution in [1.29, 1.82) is 0 Å². The van der Waals surface area contributed by atoms with E-state index in [0.717, 1.165) is 59.7 Å². The molecule has 6 heteroatoms. The number of allylic oxidation sites excluding steroid dienone is 2. The van der Waals surface area contributed by atoms with E-state index in [1.807, 2.05) is 40.1 Å². The molecular formula is C34H49N5O. The minimum atomic E-state index is 0.348. The van der Waals surface area contributed by atoms with Crippen molar-refractivity contribution in [3.63, 3.8) is 0 Å². The number of hydrogen-bond donors (Lipinski definition) is 2. The monoisotopic (exact) mass is 543 g/mol. The number of methoxy groups -OCH3 is 1. The van der Waals surface area contributed by atoms with Crippen molar-refractivity contribution in [3.8, 4) is 0 Å². The second-order valence-electron chi connectivity index (χ2n) is 9.32. The van der Waals surface area contributed by atoms with Crippen molar-refractivity contribution in [1.82, 2.24) is 20.2 Å². The topological polar surface area (TPSA) is 65.5 Å². The van der Waals surface area contributed by atoms with Crippen LogP contribution in [0.4, 0.5) is 0 Å². The Hall–Kier alpha value is -3.64. The maximum atomic E-state index is 5.28. The van der Waals surface area contributed by atoms with Crippen molar-refractivity contribution in [2.75, 3.05) is 20.3 Å². The Labute approximate surface area is 242 Å². The number of nitrogens with zero attached hydrogens (tertiary/aromatic N) is 3. The van der Waals surface area contributed by atoms with Gasteiger partial charge in [0.1, 0.15) is 5.84 Å². The summed E-state index contributed by atoms with van der Waals surface area (Å²) in [6.45, 7) is 20.3. The zero-order valence-corrected chi connectivity index (χ0v) is 25.8. The molecule has 1 atom stereocenters. The molecule has 0 radical (unpaired) electrons. The van der Waals surface area contributed by atoms with E-state index >= 15 is 0 Å². The van der Waals surface area contributed by atoms with Crippen LogP contribution in [-0.4, -0.2) is 41.0 Å². The van der Waals surface area contributed by atoms with Crippen LogP contribution in [-0.2, 0) is 11.2 Å². The van der Waals surface area contributed by atoms with Crippen LogP contribution < -0.4 is 5.32 Å². The molecule has 1 aliphatic heterocycles. The van der Waals surface area contributed by atoms with Crippen LogP contribution >= 0.6 is 0 Å². The van der Waals surface area contributed by atoms with Crippen LogP contribution in [0.25, 0.3) is 16.6 Å². The molecule has 216 valence electrons. The normalized spacial score (nSPS) is 15.1. The highest BCUT2D eigenvalue weighted by Gasteiger charge is 2.25. The van der Waals surface area contributed by atoms with E-state index in [1.54, 1.807) is 7.11 Å². The van der Waals surface area contributed by atoms with Crippen LogP contribution in [0.3, 0.4) is 0 Å². The van der Waals surface area contributed by atoms with Gasteiger partial charge in [-0.05, 0) is 62.3 Å². The molecule has 6 nitrogen and oxygen atoms in total. The van der Waals surface area contributed by atoms with E-state index in [2.05, 4.69) is 96.3 Å². The van der Waals surface area contributed by atoms with Crippen molar-refractivity contribution in [3.05, 3.63) is 95.9 Å². The number of rotatable bonds is 10. The first kappa shape index (κ1) is 32.6. The standard InChI is InChI=1S/C30H37N5O.2C2H6/c1-6-29(22(3)10-9-15-36-5)35-20-28(25-16-21(2)17-31-18-25)34-30(23(35)4)32-14-13-24-19-33-27-12-8-7-11-26(24)27;2*1-2/h6-8,11-12,16-20,22,33H,4,9-10,13-15H2,1-3,5H3,(H,32,34);2*1-2H3/b29-6-;;. The molecule has 0 amide bonds. The molecule has 0 spiro atoms. The van der Waals surface area contributed by atoms with Crippen LogP contribution in [0.2, 0.25) is 0 Å². The summed E-state index contributed by atoms with van der Waals surface area (Å²) in [5.74, 6) is 1.14. The summed E-state index contributed by atoms with van der Waals surface area (Å²) in [5.41, 5.74) is 7.59. The summed E-state index contributed by atoms with van der Waals surface area (Å²) in [5, 5.41) is 4.79. The maximum Gasteiger partial charge on any atom is 0.149 e. The van der Waals surface area contributed by atoms with Gasteiger partial charge >= 0.3 is 0 Å². The first-order valence-electron chi connectivity index (χ1n) is 14.7. The molecule has 0 saturated heterocycles. The summed E-state index contributed by atoms with van der Waals surface area (Å²) < 4.78 is 5.28. The van der Waals surface area contributed by atoms with E-state index in [9.17, 15) is 0 Å². The summed E-state index contributed by atoms with van der Waals surface area (Å²) in [7, 11) is 1.75. The molecule has 3 heterocycles. The smallest absolute Gasteiger partial charge is 0.149 e. The number of aryl methyl sites for hydroxylation is 1. The molecule has 1 aromatic carbocycles. The molecule has 2 aromatic heterocycles. The number of ether oxygens (including phenoxy) is 1. The van der Waals surface area contributed by atoms with Gasteiger partial charge in [0.2, 0.25) is 0 Å².